The summed E-state index contributed by atoms with van der Waals surface area (Å²) in [5.74, 6) is 1.87. The molecule has 0 bridgehead atoms. The molecule has 1 aliphatic rings. The summed E-state index contributed by atoms with van der Waals surface area (Å²) >= 11 is 0. The number of rotatable bonds is 4. The molecule has 0 radical (unpaired) electrons. The molecule has 0 N–H and O–H groups in total. The SMILES string of the molecule is Cc1cc(-n2c3ccccc3c3c4c(ccc32)-c2ccccc2C4(C)C)c2oc3ccccc3c2c1-c1nc(-c2ccccc2)nc(-c2ccccc2)n1. The molecule has 7 aromatic carbocycles. The zero-order valence-electron chi connectivity index (χ0n) is 30.1. The lowest BCUT2D eigenvalue weighted by molar-refractivity contribution is 0.665. The van der Waals surface area contributed by atoms with Crippen LogP contribution in [0.3, 0.4) is 0 Å². The third-order valence-electron chi connectivity index (χ3n) is 11.3. The number of aryl methyl sites for hydroxylation is 1. The summed E-state index contributed by atoms with van der Waals surface area (Å²) in [7, 11) is 0. The molecule has 3 aromatic heterocycles. The zero-order valence-corrected chi connectivity index (χ0v) is 30.1. The second-order valence-corrected chi connectivity index (χ2v) is 14.8. The molecule has 0 saturated carbocycles. The van der Waals surface area contributed by atoms with E-state index in [1.165, 1.54) is 33.0 Å². The van der Waals surface area contributed by atoms with Crippen molar-refractivity contribution in [3.8, 4) is 51.0 Å². The average molecular weight is 695 g/mol. The lowest BCUT2D eigenvalue weighted by atomic mass is 9.80. The summed E-state index contributed by atoms with van der Waals surface area (Å²) < 4.78 is 9.35. The fourth-order valence-corrected chi connectivity index (χ4v) is 8.98. The highest BCUT2D eigenvalue weighted by Gasteiger charge is 2.38. The van der Waals surface area contributed by atoms with Crippen LogP contribution in [0.4, 0.5) is 0 Å². The van der Waals surface area contributed by atoms with Crippen molar-refractivity contribution in [2.24, 2.45) is 0 Å². The third-order valence-corrected chi connectivity index (χ3v) is 11.3. The van der Waals surface area contributed by atoms with Gasteiger partial charge in [-0.15, -0.1) is 0 Å². The van der Waals surface area contributed by atoms with Gasteiger partial charge < -0.3 is 8.98 Å². The van der Waals surface area contributed by atoms with Crippen molar-refractivity contribution >= 4 is 43.7 Å². The minimum Gasteiger partial charge on any atom is -0.454 e. The second-order valence-electron chi connectivity index (χ2n) is 14.8. The van der Waals surface area contributed by atoms with Crippen LogP contribution in [-0.4, -0.2) is 19.5 Å². The maximum Gasteiger partial charge on any atom is 0.165 e. The molecule has 0 unspecified atom stereocenters. The van der Waals surface area contributed by atoms with Crippen LogP contribution in [0.2, 0.25) is 0 Å². The van der Waals surface area contributed by atoms with E-state index in [0.29, 0.717) is 17.5 Å². The molecule has 0 spiro atoms. The maximum absolute atomic E-state index is 6.94. The Balaban J connectivity index is 1.24. The summed E-state index contributed by atoms with van der Waals surface area (Å²) in [6.07, 6.45) is 0. The van der Waals surface area contributed by atoms with E-state index >= 15 is 0 Å². The molecule has 0 fully saturated rings. The molecule has 0 aliphatic heterocycles. The lowest BCUT2D eigenvalue weighted by Gasteiger charge is -2.22. The molecule has 0 amide bonds. The predicted octanol–water partition coefficient (Wildman–Crippen LogP) is 12.5. The molecule has 256 valence electrons. The minimum absolute atomic E-state index is 0.166. The fourth-order valence-electron chi connectivity index (χ4n) is 8.98. The van der Waals surface area contributed by atoms with Crippen molar-refractivity contribution in [3.05, 3.63) is 168 Å². The van der Waals surface area contributed by atoms with Gasteiger partial charge in [0.2, 0.25) is 0 Å². The molecule has 5 nitrogen and oxygen atoms in total. The van der Waals surface area contributed by atoms with Crippen molar-refractivity contribution in [1.82, 2.24) is 19.5 Å². The quantitative estimate of drug-likeness (QED) is 0.184. The van der Waals surface area contributed by atoms with Crippen LogP contribution in [0.5, 0.6) is 0 Å². The zero-order chi connectivity index (χ0) is 36.1. The van der Waals surface area contributed by atoms with E-state index in [9.17, 15) is 0 Å². The normalized spacial score (nSPS) is 13.2. The first-order valence-corrected chi connectivity index (χ1v) is 18.5. The van der Waals surface area contributed by atoms with E-state index in [4.69, 9.17) is 19.4 Å². The summed E-state index contributed by atoms with van der Waals surface area (Å²) in [6.45, 7) is 6.89. The molecular formula is C49H34N4O. The number of nitrogens with zero attached hydrogens (tertiary/aromatic N) is 4. The highest BCUT2D eigenvalue weighted by Crippen LogP contribution is 2.53. The van der Waals surface area contributed by atoms with Crippen LogP contribution in [0.1, 0.15) is 30.5 Å². The van der Waals surface area contributed by atoms with E-state index < -0.39 is 0 Å². The predicted molar refractivity (Wildman–Crippen MR) is 220 cm³/mol. The Labute approximate surface area is 312 Å². The van der Waals surface area contributed by atoms with Crippen molar-refractivity contribution < 1.29 is 4.42 Å². The van der Waals surface area contributed by atoms with Gasteiger partial charge in [0.05, 0.1) is 16.7 Å². The van der Waals surface area contributed by atoms with Crippen LogP contribution >= 0.6 is 0 Å². The average Bonchev–Trinajstić information content (AvgIpc) is 3.84. The van der Waals surface area contributed by atoms with E-state index in [1.807, 2.05) is 66.7 Å². The molecule has 10 aromatic rings. The summed E-state index contributed by atoms with van der Waals surface area (Å²) in [5, 5.41) is 4.53. The van der Waals surface area contributed by atoms with Gasteiger partial charge in [-0.25, -0.2) is 15.0 Å². The van der Waals surface area contributed by atoms with Crippen LogP contribution in [0.15, 0.2) is 156 Å². The number of para-hydroxylation sites is 2. The number of fused-ring (bicyclic) bond motifs is 10. The number of benzene rings is 7. The number of aromatic nitrogens is 4. The van der Waals surface area contributed by atoms with Gasteiger partial charge in [-0.2, -0.15) is 0 Å². The monoisotopic (exact) mass is 694 g/mol. The Hall–Kier alpha value is -6.85. The minimum atomic E-state index is -0.166. The largest absolute Gasteiger partial charge is 0.454 e. The van der Waals surface area contributed by atoms with Gasteiger partial charge in [0, 0.05) is 43.7 Å². The number of hydrogen-bond donors (Lipinski definition) is 0. The van der Waals surface area contributed by atoms with Gasteiger partial charge in [-0.1, -0.05) is 141 Å². The smallest absolute Gasteiger partial charge is 0.165 e. The highest BCUT2D eigenvalue weighted by molar-refractivity contribution is 6.18. The molecule has 11 rings (SSSR count). The van der Waals surface area contributed by atoms with E-state index in [2.05, 4.69) is 110 Å². The molecule has 0 saturated heterocycles. The summed E-state index contributed by atoms with van der Waals surface area (Å²) in [6, 6.07) is 53.1. The fraction of sp³-hybridized carbons (Fsp3) is 0.0816. The summed E-state index contributed by atoms with van der Waals surface area (Å²) in [5.41, 5.74) is 14.0. The van der Waals surface area contributed by atoms with Crippen LogP contribution in [-0.2, 0) is 5.41 Å². The highest BCUT2D eigenvalue weighted by atomic mass is 16.3. The number of hydrogen-bond acceptors (Lipinski definition) is 4. The van der Waals surface area contributed by atoms with Gasteiger partial charge >= 0.3 is 0 Å². The Morgan fingerprint density at radius 3 is 1.89 bits per heavy atom. The van der Waals surface area contributed by atoms with Gasteiger partial charge in [0.25, 0.3) is 0 Å². The summed E-state index contributed by atoms with van der Waals surface area (Å²) in [4.78, 5) is 15.4. The standard InChI is InChI=1S/C49H34N4O/c1-29-28-39(53-37-24-14-11-21-34(37)42-38(53)27-26-33-32-20-10-13-23-36(32)49(2,3)44(33)42)45-43(35-22-12-15-25-40(35)54-45)41(29)48-51-46(30-16-6-4-7-17-30)50-47(52-48)31-18-8-5-9-19-31/h4-28H,1-3H3. The van der Waals surface area contributed by atoms with Gasteiger partial charge in [0.1, 0.15) is 5.58 Å². The Kier molecular flexibility index (Phi) is 6.45. The van der Waals surface area contributed by atoms with Crippen molar-refractivity contribution in [1.29, 1.82) is 0 Å². The van der Waals surface area contributed by atoms with Gasteiger partial charge in [-0.3, -0.25) is 0 Å². The number of furan rings is 1. The maximum atomic E-state index is 6.94. The molecule has 0 atom stereocenters. The molecule has 3 heterocycles. The van der Waals surface area contributed by atoms with Crippen molar-refractivity contribution in [3.63, 3.8) is 0 Å². The Morgan fingerprint density at radius 2 is 1.15 bits per heavy atom. The first-order valence-electron chi connectivity index (χ1n) is 18.5. The molecule has 54 heavy (non-hydrogen) atoms. The van der Waals surface area contributed by atoms with Crippen LogP contribution in [0, 0.1) is 6.92 Å². The third kappa shape index (κ3) is 4.29. The van der Waals surface area contributed by atoms with Crippen molar-refractivity contribution in [2.45, 2.75) is 26.2 Å². The van der Waals surface area contributed by atoms with E-state index in [0.717, 1.165) is 60.9 Å². The van der Waals surface area contributed by atoms with Crippen LogP contribution in [0.25, 0.3) is 94.7 Å². The topological polar surface area (TPSA) is 56.7 Å². The van der Waals surface area contributed by atoms with E-state index in [1.54, 1.807) is 0 Å². The first-order chi connectivity index (χ1) is 26.5. The molecular weight excluding hydrogens is 661 g/mol. The van der Waals surface area contributed by atoms with Gasteiger partial charge in [0.15, 0.2) is 23.1 Å². The molecule has 1 aliphatic carbocycles. The van der Waals surface area contributed by atoms with Crippen molar-refractivity contribution in [2.75, 3.05) is 0 Å². The molecule has 5 heteroatoms. The van der Waals surface area contributed by atoms with Crippen LogP contribution < -0.4 is 0 Å². The lowest BCUT2D eigenvalue weighted by Crippen LogP contribution is -2.15. The Morgan fingerprint density at radius 1 is 0.537 bits per heavy atom. The first kappa shape index (κ1) is 30.7. The van der Waals surface area contributed by atoms with Gasteiger partial charge in [-0.05, 0) is 59.0 Å². The Bertz CT molecular complexity index is 3080. The van der Waals surface area contributed by atoms with E-state index in [-0.39, 0.29) is 5.41 Å². The second kappa shape index (κ2) is 11.3.